The van der Waals surface area contributed by atoms with Gasteiger partial charge in [0.15, 0.2) is 0 Å². The zero-order valence-corrected chi connectivity index (χ0v) is 30.9. The molecule has 0 saturated carbocycles. The number of benzene rings is 2. The molecule has 2 aromatic carbocycles. The maximum absolute atomic E-state index is 12.2. The van der Waals surface area contributed by atoms with Crippen LogP contribution in [0, 0.1) is 0 Å². The first-order valence-electron chi connectivity index (χ1n) is 12.1. The zero-order valence-electron chi connectivity index (χ0n) is 25.0. The van der Waals surface area contributed by atoms with Crippen LogP contribution in [0.25, 0.3) is 0 Å². The van der Waals surface area contributed by atoms with E-state index < -0.39 is 11.9 Å². The molecule has 0 spiro atoms. The second-order valence-corrected chi connectivity index (χ2v) is 13.4. The van der Waals surface area contributed by atoms with E-state index in [9.17, 15) is 19.8 Å². The van der Waals surface area contributed by atoms with Gasteiger partial charge in [-0.1, -0.05) is 107 Å². The van der Waals surface area contributed by atoms with Crippen LogP contribution in [0.3, 0.4) is 0 Å². The van der Waals surface area contributed by atoms with Crippen molar-refractivity contribution in [2.75, 3.05) is 0 Å². The Balaban J connectivity index is 0. The first kappa shape index (κ1) is 38.5. The Morgan fingerprint density at radius 2 is 0.789 bits per heavy atom. The molecule has 0 fully saturated rings. The van der Waals surface area contributed by atoms with Crippen molar-refractivity contribution in [1.82, 2.24) is 0 Å². The van der Waals surface area contributed by atoms with Gasteiger partial charge in [-0.3, -0.25) is 0 Å². The molecular formula is C30H42O6SnZn+4. The Morgan fingerprint density at radius 3 is 0.947 bits per heavy atom. The molecule has 2 N–H and O–H groups in total. The molecule has 0 amide bonds. The molecule has 200 valence electrons. The fourth-order valence-electron chi connectivity index (χ4n) is 3.56. The number of carboxylic acids is 2. The number of aromatic carboxylic acids is 2. The largest absolute Gasteiger partial charge is 4.00 e. The average Bonchev–Trinajstić information content (AvgIpc) is 2.64. The molecule has 6 nitrogen and oxygen atoms in total. The van der Waals surface area contributed by atoms with Crippen molar-refractivity contribution >= 4 is 35.8 Å². The van der Waals surface area contributed by atoms with Gasteiger partial charge in [-0.15, -0.1) is 0 Å². The second kappa shape index (κ2) is 13.2. The van der Waals surface area contributed by atoms with Gasteiger partial charge in [0.25, 0.3) is 0 Å². The zero-order chi connectivity index (χ0) is 28.6. The van der Waals surface area contributed by atoms with Gasteiger partial charge < -0.3 is 20.4 Å². The minimum absolute atomic E-state index is 0. The van der Waals surface area contributed by atoms with Gasteiger partial charge in [0, 0.05) is 0 Å². The fourth-order valence-corrected chi connectivity index (χ4v) is 3.56. The predicted molar refractivity (Wildman–Crippen MR) is 146 cm³/mol. The molecule has 0 aliphatic heterocycles. The summed E-state index contributed by atoms with van der Waals surface area (Å²) in [7, 11) is 0. The summed E-state index contributed by atoms with van der Waals surface area (Å²) < 4.78 is 0. The molecule has 0 radical (unpaired) electrons. The third-order valence-corrected chi connectivity index (χ3v) is 5.99. The Bertz CT molecular complexity index is 1050. The van der Waals surface area contributed by atoms with Crippen molar-refractivity contribution in [3.05, 3.63) is 57.6 Å². The monoisotopic (exact) mass is 682 g/mol. The van der Waals surface area contributed by atoms with Crippen molar-refractivity contribution in [3.8, 4) is 11.5 Å². The quantitative estimate of drug-likeness (QED) is 0.391. The van der Waals surface area contributed by atoms with E-state index in [1.165, 1.54) is 12.1 Å². The van der Waals surface area contributed by atoms with Gasteiger partial charge in [-0.25, -0.2) is 9.59 Å². The summed E-state index contributed by atoms with van der Waals surface area (Å²) >= 11 is 0. The van der Waals surface area contributed by atoms with Crippen LogP contribution in [0.1, 0.15) is 126 Å². The molecule has 0 aliphatic rings. The Labute approximate surface area is 258 Å². The maximum atomic E-state index is 12.2. The predicted octanol–water partition coefficient (Wildman–Crippen LogP) is 5.72. The summed E-state index contributed by atoms with van der Waals surface area (Å²) in [6.07, 6.45) is 0. The van der Waals surface area contributed by atoms with E-state index in [2.05, 4.69) is 0 Å². The number of rotatable bonds is 2. The molecule has 0 bridgehead atoms. The van der Waals surface area contributed by atoms with Gasteiger partial charge >= 0.3 is 55.3 Å². The van der Waals surface area contributed by atoms with Crippen molar-refractivity contribution in [2.45, 2.75) is 105 Å². The van der Waals surface area contributed by atoms with Gasteiger partial charge in [-0.2, -0.15) is 0 Å². The van der Waals surface area contributed by atoms with E-state index in [0.717, 1.165) is 11.1 Å². The van der Waals surface area contributed by atoms with Crippen molar-refractivity contribution in [3.63, 3.8) is 0 Å². The van der Waals surface area contributed by atoms with Gasteiger partial charge in [0.05, 0.1) is 11.1 Å². The van der Waals surface area contributed by atoms with E-state index in [1.807, 2.05) is 95.2 Å². The molecule has 0 saturated heterocycles. The minimum Gasteiger partial charge on any atom is -0.872 e. The van der Waals surface area contributed by atoms with E-state index in [4.69, 9.17) is 10.2 Å². The number of hydrogen-bond acceptors (Lipinski definition) is 4. The molecule has 2 rings (SSSR count). The molecular weight excluding hydrogens is 640 g/mol. The smallest absolute Gasteiger partial charge is 0.872 e. The van der Waals surface area contributed by atoms with Crippen LogP contribution in [-0.4, -0.2) is 46.1 Å². The van der Waals surface area contributed by atoms with Crippen LogP contribution in [0.4, 0.5) is 0 Å². The van der Waals surface area contributed by atoms with Gasteiger partial charge in [-0.05, 0) is 56.0 Å². The Kier molecular flexibility index (Phi) is 13.4. The molecule has 8 heteroatoms. The van der Waals surface area contributed by atoms with E-state index in [-0.39, 0.29) is 87.7 Å². The van der Waals surface area contributed by atoms with Crippen LogP contribution in [0.5, 0.6) is 11.5 Å². The summed E-state index contributed by atoms with van der Waals surface area (Å²) in [6, 6.07) is 6.68. The first-order valence-corrected chi connectivity index (χ1v) is 12.1. The molecule has 38 heavy (non-hydrogen) atoms. The molecule has 0 aliphatic carbocycles. The van der Waals surface area contributed by atoms with Crippen molar-refractivity contribution in [1.29, 1.82) is 0 Å². The third-order valence-electron chi connectivity index (χ3n) is 5.99. The molecule has 2 aromatic rings. The average molecular weight is 683 g/mol. The van der Waals surface area contributed by atoms with Crippen LogP contribution in [0.15, 0.2) is 24.3 Å². The van der Waals surface area contributed by atoms with Crippen LogP contribution in [0.2, 0.25) is 0 Å². The topological polar surface area (TPSA) is 121 Å². The van der Waals surface area contributed by atoms with E-state index >= 15 is 0 Å². The third kappa shape index (κ3) is 9.86. The maximum Gasteiger partial charge on any atom is 4.00 e. The van der Waals surface area contributed by atoms with E-state index in [1.54, 1.807) is 0 Å². The van der Waals surface area contributed by atoms with Crippen LogP contribution in [-0.2, 0) is 41.1 Å². The van der Waals surface area contributed by atoms with Crippen molar-refractivity contribution < 1.29 is 49.5 Å². The SMILES string of the molecule is CC(C)(C)c1cc(C(=O)O)c([O-])c(C(C)(C)C)c1.CC(C)(C)c1cc(C(=O)O)c([O-])c(C(C)(C)C)c1.[Sn+4].[Zn+2]. The number of hydrogen-bond donors (Lipinski definition) is 2. The standard InChI is InChI=1S/2C15H22O3.Sn.Zn/c2*1-14(2,3)9-7-10(13(17)18)12(16)11(8-9)15(4,5)6;;/h2*7-8,16H,1-6H3,(H,17,18);;/q;;+4;+2/p-2. The summed E-state index contributed by atoms with van der Waals surface area (Å²) in [5.41, 5.74) is 1.54. The summed E-state index contributed by atoms with van der Waals surface area (Å²) in [4.78, 5) is 22.4. The second-order valence-electron chi connectivity index (χ2n) is 13.4. The molecule has 0 unspecified atom stereocenters. The molecule has 0 atom stereocenters. The van der Waals surface area contributed by atoms with Gasteiger partial charge in [0.1, 0.15) is 0 Å². The Hall–Kier alpha value is -1.60. The van der Waals surface area contributed by atoms with Gasteiger partial charge in [0.2, 0.25) is 0 Å². The number of carbonyl (C=O) groups is 2. The first-order chi connectivity index (χ1) is 15.9. The normalized spacial score (nSPS) is 11.9. The van der Waals surface area contributed by atoms with Crippen LogP contribution < -0.4 is 10.2 Å². The minimum atomic E-state index is -1.16. The Morgan fingerprint density at radius 1 is 0.553 bits per heavy atom. The fraction of sp³-hybridized carbons (Fsp3) is 0.533. The molecule has 0 heterocycles. The van der Waals surface area contributed by atoms with Crippen LogP contribution >= 0.6 is 0 Å². The summed E-state index contributed by atoms with van der Waals surface area (Å²) in [6.45, 7) is 23.5. The van der Waals surface area contributed by atoms with E-state index in [0.29, 0.717) is 11.1 Å². The van der Waals surface area contributed by atoms with Crippen molar-refractivity contribution in [2.24, 2.45) is 0 Å². The summed E-state index contributed by atoms with van der Waals surface area (Å²) in [5.74, 6) is -3.06. The molecule has 0 aromatic heterocycles. The summed E-state index contributed by atoms with van der Waals surface area (Å²) in [5, 5.41) is 42.6. The number of carboxylic acid groups (broad SMARTS) is 2.